The number of amides is 2. The summed E-state index contributed by atoms with van der Waals surface area (Å²) in [6, 6.07) is -0.221. The lowest BCUT2D eigenvalue weighted by Gasteiger charge is -2.58. The largest absolute Gasteiger partial charge is 0.459 e. The lowest BCUT2D eigenvalue weighted by Crippen LogP contribution is -2.60. The number of esters is 1. The SMILES string of the molecule is COCN1CC(OC(=O)CC[C@@H](C)[C@H]2CC[C@H]3[C@@H]4C(=O)CC5CC(=O)CCC5(C)[C@H]4CC(=O)C23C)CN(COC)C1=O. The van der Waals surface area contributed by atoms with Crippen molar-refractivity contribution < 1.29 is 38.2 Å². The summed E-state index contributed by atoms with van der Waals surface area (Å²) in [6.45, 7) is 7.16. The molecule has 10 nitrogen and oxygen atoms in total. The van der Waals surface area contributed by atoms with E-state index in [4.69, 9.17) is 14.2 Å². The van der Waals surface area contributed by atoms with Gasteiger partial charge in [0.25, 0.3) is 0 Å². The molecule has 234 valence electrons. The van der Waals surface area contributed by atoms with Gasteiger partial charge in [0.2, 0.25) is 0 Å². The normalized spacial score (nSPS) is 37.8. The van der Waals surface area contributed by atoms with Crippen LogP contribution in [0.1, 0.15) is 78.6 Å². The molecule has 0 aromatic rings. The van der Waals surface area contributed by atoms with Crippen molar-refractivity contribution in [1.29, 1.82) is 0 Å². The van der Waals surface area contributed by atoms with Crippen LogP contribution >= 0.6 is 0 Å². The number of hydrogen-bond donors (Lipinski definition) is 0. The topological polar surface area (TPSA) is 120 Å². The molecule has 1 aliphatic heterocycles. The van der Waals surface area contributed by atoms with Crippen LogP contribution in [0.5, 0.6) is 0 Å². The van der Waals surface area contributed by atoms with Gasteiger partial charge in [0.15, 0.2) is 0 Å². The van der Waals surface area contributed by atoms with E-state index in [0.29, 0.717) is 32.1 Å². The molecule has 0 bridgehead atoms. The first-order valence-electron chi connectivity index (χ1n) is 15.7. The smallest absolute Gasteiger partial charge is 0.323 e. The highest BCUT2D eigenvalue weighted by molar-refractivity contribution is 5.93. The Hall–Kier alpha value is -2.33. The molecular weight excluding hydrogens is 540 g/mol. The van der Waals surface area contributed by atoms with Gasteiger partial charge in [-0.2, -0.15) is 0 Å². The zero-order valence-corrected chi connectivity index (χ0v) is 25.9. The lowest BCUT2D eigenvalue weighted by molar-refractivity contribution is -0.166. The maximum Gasteiger partial charge on any atom is 0.323 e. The minimum atomic E-state index is -0.571. The molecule has 8 atom stereocenters. The molecule has 0 spiro atoms. The van der Waals surface area contributed by atoms with Crippen molar-refractivity contribution in [3.63, 3.8) is 0 Å². The van der Waals surface area contributed by atoms with Gasteiger partial charge < -0.3 is 14.2 Å². The maximum absolute atomic E-state index is 14.0. The van der Waals surface area contributed by atoms with E-state index >= 15 is 0 Å². The second-order valence-corrected chi connectivity index (χ2v) is 14.1. The number of methoxy groups -OCH3 is 2. The van der Waals surface area contributed by atoms with Gasteiger partial charge in [0.1, 0.15) is 36.9 Å². The number of fused-ring (bicyclic) bond motifs is 5. The van der Waals surface area contributed by atoms with Crippen molar-refractivity contribution in [3.05, 3.63) is 0 Å². The molecule has 4 aliphatic carbocycles. The summed E-state index contributed by atoms with van der Waals surface area (Å²) < 4.78 is 16.1. The van der Waals surface area contributed by atoms with Crippen LogP contribution in [0.15, 0.2) is 0 Å². The molecule has 3 unspecified atom stereocenters. The van der Waals surface area contributed by atoms with Gasteiger partial charge in [0.05, 0.1) is 13.1 Å². The third-order valence-corrected chi connectivity index (χ3v) is 12.0. The molecule has 4 saturated carbocycles. The van der Waals surface area contributed by atoms with Gasteiger partial charge >= 0.3 is 12.0 Å². The molecule has 5 fully saturated rings. The number of Topliss-reactive ketones (excluding diaryl/α,β-unsaturated/α-hetero) is 3. The third kappa shape index (κ3) is 5.31. The van der Waals surface area contributed by atoms with E-state index in [-0.39, 0.29) is 103 Å². The van der Waals surface area contributed by atoms with E-state index in [1.165, 1.54) is 24.0 Å². The third-order valence-electron chi connectivity index (χ3n) is 12.0. The van der Waals surface area contributed by atoms with Gasteiger partial charge in [0, 0.05) is 57.7 Å². The average molecular weight is 589 g/mol. The molecule has 0 radical (unpaired) electrons. The molecule has 42 heavy (non-hydrogen) atoms. The number of carbonyl (C=O) groups excluding carboxylic acids is 5. The molecule has 5 rings (SSSR count). The van der Waals surface area contributed by atoms with Gasteiger partial charge in [-0.25, -0.2) is 4.79 Å². The van der Waals surface area contributed by atoms with Crippen LogP contribution in [-0.2, 0) is 33.4 Å². The van der Waals surface area contributed by atoms with Crippen LogP contribution < -0.4 is 0 Å². The number of hydrogen-bond acceptors (Lipinski definition) is 8. The fraction of sp³-hybridized carbons (Fsp3) is 0.844. The van der Waals surface area contributed by atoms with Gasteiger partial charge in [-0.3, -0.25) is 29.0 Å². The van der Waals surface area contributed by atoms with Crippen LogP contribution in [0.4, 0.5) is 4.79 Å². The van der Waals surface area contributed by atoms with Crippen LogP contribution in [0, 0.1) is 46.3 Å². The Kier molecular flexibility index (Phi) is 8.87. The summed E-state index contributed by atoms with van der Waals surface area (Å²) in [6.07, 6.45) is 4.77. The van der Waals surface area contributed by atoms with Crippen molar-refractivity contribution in [2.75, 3.05) is 40.8 Å². The summed E-state index contributed by atoms with van der Waals surface area (Å²) in [5.41, 5.74) is -0.697. The van der Waals surface area contributed by atoms with E-state index in [1.54, 1.807) is 0 Å². The summed E-state index contributed by atoms with van der Waals surface area (Å²) in [4.78, 5) is 68.4. The van der Waals surface area contributed by atoms with E-state index in [2.05, 4.69) is 20.8 Å². The summed E-state index contributed by atoms with van der Waals surface area (Å²) >= 11 is 0. The van der Waals surface area contributed by atoms with Crippen LogP contribution in [0.3, 0.4) is 0 Å². The minimum Gasteiger partial charge on any atom is -0.459 e. The fourth-order valence-corrected chi connectivity index (χ4v) is 9.69. The van der Waals surface area contributed by atoms with Gasteiger partial charge in [-0.1, -0.05) is 20.8 Å². The van der Waals surface area contributed by atoms with E-state index in [1.807, 2.05) is 0 Å². The zero-order valence-electron chi connectivity index (χ0n) is 25.9. The number of nitrogens with zero attached hydrogens (tertiary/aromatic N) is 2. The Morgan fingerprint density at radius 3 is 2.26 bits per heavy atom. The molecule has 10 heteroatoms. The van der Waals surface area contributed by atoms with Crippen molar-refractivity contribution >= 4 is 29.4 Å². The van der Waals surface area contributed by atoms with Gasteiger partial charge in [-0.15, -0.1) is 0 Å². The van der Waals surface area contributed by atoms with Crippen LogP contribution in [0.25, 0.3) is 0 Å². The number of rotatable bonds is 9. The second-order valence-electron chi connectivity index (χ2n) is 14.1. The van der Waals surface area contributed by atoms with E-state index in [0.717, 1.165) is 19.3 Å². The van der Waals surface area contributed by atoms with Crippen LogP contribution in [0.2, 0.25) is 0 Å². The highest BCUT2D eigenvalue weighted by Gasteiger charge is 2.66. The van der Waals surface area contributed by atoms with Crippen molar-refractivity contribution in [1.82, 2.24) is 9.80 Å². The molecule has 1 heterocycles. The molecular formula is C32H48N2O8. The number of carbonyl (C=O) groups is 5. The van der Waals surface area contributed by atoms with Crippen LogP contribution in [-0.4, -0.2) is 86.0 Å². The Morgan fingerprint density at radius 1 is 0.952 bits per heavy atom. The predicted octanol–water partition coefficient (Wildman–Crippen LogP) is 3.85. The van der Waals surface area contributed by atoms with Crippen molar-refractivity contribution in [3.8, 4) is 0 Å². The summed E-state index contributed by atoms with van der Waals surface area (Å²) in [7, 11) is 3.02. The highest BCUT2D eigenvalue weighted by atomic mass is 16.5. The Bertz CT molecular complexity index is 1090. The first-order valence-corrected chi connectivity index (χ1v) is 15.7. The van der Waals surface area contributed by atoms with E-state index < -0.39 is 11.5 Å². The predicted molar refractivity (Wildman–Crippen MR) is 152 cm³/mol. The van der Waals surface area contributed by atoms with Crippen molar-refractivity contribution in [2.24, 2.45) is 46.3 Å². The fourth-order valence-electron chi connectivity index (χ4n) is 9.69. The second kappa shape index (κ2) is 12.0. The maximum atomic E-state index is 14.0. The Morgan fingerprint density at radius 2 is 1.62 bits per heavy atom. The first-order chi connectivity index (χ1) is 19.9. The molecule has 0 aromatic heterocycles. The minimum absolute atomic E-state index is 0.0316. The van der Waals surface area contributed by atoms with Gasteiger partial charge in [-0.05, 0) is 60.7 Å². The highest BCUT2D eigenvalue weighted by Crippen LogP contribution is 2.66. The summed E-state index contributed by atoms with van der Waals surface area (Å²) in [5, 5.41) is 0. The van der Waals surface area contributed by atoms with E-state index in [9.17, 15) is 24.0 Å². The first kappa shape index (κ1) is 31.1. The number of ether oxygens (including phenoxy) is 3. The molecule has 0 aromatic carbocycles. The number of ketones is 3. The molecule has 2 amide bonds. The Labute approximate surface area is 249 Å². The zero-order chi connectivity index (χ0) is 30.4. The molecule has 1 saturated heterocycles. The average Bonchev–Trinajstić information content (AvgIpc) is 3.30. The standard InChI is InChI=1S/C32H48N2O8/c1-19(6-9-28(38)42-22-15-33(17-40-4)30(39)34(16-22)18-41-5)23-7-8-24-29-25(14-27(37)32(23,24)3)31(2)11-10-21(35)12-20(31)13-26(29)36/h19-20,22-25,29H,6-18H2,1-5H3/t19-,20?,23-,24+,25+,29+,31?,32?/m1/s1. The Balaban J connectivity index is 1.22. The summed E-state index contributed by atoms with van der Waals surface area (Å²) in [5.74, 6) is 0.699. The molecule has 0 N–H and O–H groups in total. The quantitative estimate of drug-likeness (QED) is 0.373. The monoisotopic (exact) mass is 588 g/mol. The molecule has 5 aliphatic rings. The number of urea groups is 1. The lowest BCUT2D eigenvalue weighted by atomic mass is 9.44. The van der Waals surface area contributed by atoms with Crippen molar-refractivity contribution in [2.45, 2.75) is 84.7 Å².